The summed E-state index contributed by atoms with van der Waals surface area (Å²) in [6.45, 7) is 7.33. The number of carbonyl (C=O) groups excluding carboxylic acids is 2. The standard InChI is InChI=1S/C23H27N5O4/c1-23(2,3)32-22(30)19-13-24-10-11-27(19)20-17(6-5-9-25-20)28-14-26-16-8-7-15(12-18(16)28)21(29)31-4/h5-9,12,14,19,24H,10-11,13H2,1-4H3. The number of benzene rings is 1. The first-order chi connectivity index (χ1) is 15.3. The Morgan fingerprint density at radius 1 is 1.19 bits per heavy atom. The predicted octanol–water partition coefficient (Wildman–Crippen LogP) is 2.33. The summed E-state index contributed by atoms with van der Waals surface area (Å²) in [6.07, 6.45) is 3.39. The van der Waals surface area contributed by atoms with Crippen molar-refractivity contribution < 1.29 is 19.1 Å². The number of imidazole rings is 1. The Morgan fingerprint density at radius 2 is 2.00 bits per heavy atom. The number of nitrogens with one attached hydrogen (secondary N) is 1. The number of rotatable bonds is 4. The molecule has 1 aliphatic heterocycles. The van der Waals surface area contributed by atoms with Gasteiger partial charge in [0.2, 0.25) is 0 Å². The van der Waals surface area contributed by atoms with E-state index < -0.39 is 17.6 Å². The zero-order valence-corrected chi connectivity index (χ0v) is 18.7. The molecule has 0 bridgehead atoms. The Balaban J connectivity index is 1.77. The maximum absolute atomic E-state index is 13.0. The highest BCUT2D eigenvalue weighted by molar-refractivity contribution is 5.94. The summed E-state index contributed by atoms with van der Waals surface area (Å²) in [5.41, 5.74) is 2.08. The maximum Gasteiger partial charge on any atom is 0.337 e. The molecule has 32 heavy (non-hydrogen) atoms. The van der Waals surface area contributed by atoms with Crippen molar-refractivity contribution >= 4 is 28.8 Å². The number of fused-ring (bicyclic) bond motifs is 1. The van der Waals surface area contributed by atoms with Crippen LogP contribution in [0.25, 0.3) is 16.7 Å². The van der Waals surface area contributed by atoms with Gasteiger partial charge in [0.1, 0.15) is 18.0 Å². The summed E-state index contributed by atoms with van der Waals surface area (Å²) < 4.78 is 12.4. The van der Waals surface area contributed by atoms with Gasteiger partial charge < -0.3 is 19.7 Å². The van der Waals surface area contributed by atoms with Crippen molar-refractivity contribution in [1.82, 2.24) is 19.9 Å². The molecule has 1 unspecified atom stereocenters. The molecule has 1 atom stereocenters. The summed E-state index contributed by atoms with van der Waals surface area (Å²) in [4.78, 5) is 36.1. The first-order valence-corrected chi connectivity index (χ1v) is 10.5. The topological polar surface area (TPSA) is 98.6 Å². The quantitative estimate of drug-likeness (QED) is 0.621. The van der Waals surface area contributed by atoms with Crippen LogP contribution in [0.15, 0.2) is 42.9 Å². The molecule has 0 spiro atoms. The lowest BCUT2D eigenvalue weighted by molar-refractivity contribution is -0.156. The van der Waals surface area contributed by atoms with E-state index in [9.17, 15) is 9.59 Å². The lowest BCUT2D eigenvalue weighted by Gasteiger charge is -2.37. The fourth-order valence-electron chi connectivity index (χ4n) is 3.78. The molecule has 9 heteroatoms. The van der Waals surface area contributed by atoms with Crippen LogP contribution in [-0.4, -0.2) is 64.9 Å². The van der Waals surface area contributed by atoms with Gasteiger partial charge in [0.25, 0.3) is 0 Å². The number of hydrogen-bond acceptors (Lipinski definition) is 8. The Hall–Kier alpha value is -3.46. The van der Waals surface area contributed by atoms with E-state index in [1.807, 2.05) is 42.4 Å². The van der Waals surface area contributed by atoms with Gasteiger partial charge in [0.15, 0.2) is 5.82 Å². The van der Waals surface area contributed by atoms with E-state index in [0.717, 1.165) is 16.7 Å². The number of esters is 2. The summed E-state index contributed by atoms with van der Waals surface area (Å²) in [7, 11) is 1.35. The third-order valence-electron chi connectivity index (χ3n) is 5.19. The molecule has 2 aromatic heterocycles. The van der Waals surface area contributed by atoms with Crippen LogP contribution in [0.2, 0.25) is 0 Å². The van der Waals surface area contributed by atoms with Crippen LogP contribution in [0.4, 0.5) is 5.82 Å². The largest absolute Gasteiger partial charge is 0.465 e. The van der Waals surface area contributed by atoms with Crippen molar-refractivity contribution in [2.75, 3.05) is 31.6 Å². The number of methoxy groups -OCH3 is 1. The monoisotopic (exact) mass is 437 g/mol. The van der Waals surface area contributed by atoms with Crippen LogP contribution in [0.1, 0.15) is 31.1 Å². The summed E-state index contributed by atoms with van der Waals surface area (Å²) in [6, 6.07) is 8.44. The molecule has 0 radical (unpaired) electrons. The molecule has 3 aromatic rings. The van der Waals surface area contributed by atoms with Crippen molar-refractivity contribution in [3.05, 3.63) is 48.4 Å². The second-order valence-corrected chi connectivity index (χ2v) is 8.60. The van der Waals surface area contributed by atoms with Gasteiger partial charge in [-0.05, 0) is 51.1 Å². The van der Waals surface area contributed by atoms with Crippen molar-refractivity contribution in [1.29, 1.82) is 0 Å². The molecule has 1 aliphatic rings. The van der Waals surface area contributed by atoms with Crippen LogP contribution in [0.5, 0.6) is 0 Å². The van der Waals surface area contributed by atoms with Crippen LogP contribution in [-0.2, 0) is 14.3 Å². The molecule has 0 amide bonds. The second-order valence-electron chi connectivity index (χ2n) is 8.60. The lowest BCUT2D eigenvalue weighted by atomic mass is 10.1. The molecule has 9 nitrogen and oxygen atoms in total. The third kappa shape index (κ3) is 4.29. The number of pyridine rings is 1. The molecule has 1 fully saturated rings. The SMILES string of the molecule is COC(=O)c1ccc2ncn(-c3cccnc3N3CCNCC3C(=O)OC(C)(C)C)c2c1. The molecule has 1 aromatic carbocycles. The van der Waals surface area contributed by atoms with E-state index in [4.69, 9.17) is 9.47 Å². The number of piperazine rings is 1. The zero-order valence-electron chi connectivity index (χ0n) is 18.7. The van der Waals surface area contributed by atoms with Crippen molar-refractivity contribution in [2.24, 2.45) is 0 Å². The fourth-order valence-corrected chi connectivity index (χ4v) is 3.78. The highest BCUT2D eigenvalue weighted by Gasteiger charge is 2.34. The van der Waals surface area contributed by atoms with Crippen LogP contribution in [0.3, 0.4) is 0 Å². The van der Waals surface area contributed by atoms with Gasteiger partial charge in [-0.2, -0.15) is 0 Å². The molecule has 1 N–H and O–H groups in total. The van der Waals surface area contributed by atoms with Gasteiger partial charge in [-0.25, -0.2) is 19.6 Å². The van der Waals surface area contributed by atoms with Gasteiger partial charge in [0.05, 0.1) is 29.4 Å². The second kappa shape index (κ2) is 8.58. The Labute approximate surface area is 186 Å². The third-order valence-corrected chi connectivity index (χ3v) is 5.19. The van der Waals surface area contributed by atoms with Gasteiger partial charge >= 0.3 is 11.9 Å². The lowest BCUT2D eigenvalue weighted by Crippen LogP contribution is -2.57. The highest BCUT2D eigenvalue weighted by Crippen LogP contribution is 2.28. The molecule has 1 saturated heterocycles. The van der Waals surface area contributed by atoms with Crippen LogP contribution in [0, 0.1) is 0 Å². The Kier molecular flexibility index (Phi) is 5.84. The molecule has 0 aliphatic carbocycles. The van der Waals surface area contributed by atoms with E-state index in [2.05, 4.69) is 15.3 Å². The number of aromatic nitrogens is 3. The average molecular weight is 438 g/mol. The Bertz CT molecular complexity index is 1150. The first-order valence-electron chi connectivity index (χ1n) is 10.5. The van der Waals surface area contributed by atoms with Gasteiger partial charge in [-0.15, -0.1) is 0 Å². The summed E-state index contributed by atoms with van der Waals surface area (Å²) in [5.74, 6) is -0.0736. The van der Waals surface area contributed by atoms with E-state index in [1.54, 1.807) is 30.7 Å². The summed E-state index contributed by atoms with van der Waals surface area (Å²) in [5, 5.41) is 3.27. The Morgan fingerprint density at radius 3 is 2.75 bits per heavy atom. The van der Waals surface area contributed by atoms with E-state index in [0.29, 0.717) is 31.0 Å². The number of carbonyl (C=O) groups is 2. The number of hydrogen-bond donors (Lipinski definition) is 1. The minimum atomic E-state index is -0.585. The minimum absolute atomic E-state index is 0.301. The molecule has 3 heterocycles. The minimum Gasteiger partial charge on any atom is -0.465 e. The molecule has 0 saturated carbocycles. The van der Waals surface area contributed by atoms with Crippen molar-refractivity contribution in [2.45, 2.75) is 32.4 Å². The first kappa shape index (κ1) is 21.8. The average Bonchev–Trinajstić information content (AvgIpc) is 3.20. The van der Waals surface area contributed by atoms with Crippen LogP contribution < -0.4 is 10.2 Å². The number of ether oxygens (including phenoxy) is 2. The normalized spacial score (nSPS) is 16.8. The van der Waals surface area contributed by atoms with Crippen molar-refractivity contribution in [3.63, 3.8) is 0 Å². The van der Waals surface area contributed by atoms with Crippen LogP contribution >= 0.6 is 0 Å². The van der Waals surface area contributed by atoms with Gasteiger partial charge in [-0.1, -0.05) is 0 Å². The number of anilines is 1. The molecular weight excluding hydrogens is 410 g/mol. The molecule has 4 rings (SSSR count). The predicted molar refractivity (Wildman–Crippen MR) is 120 cm³/mol. The molecular formula is C23H27N5O4. The summed E-state index contributed by atoms with van der Waals surface area (Å²) >= 11 is 0. The zero-order chi connectivity index (χ0) is 22.9. The highest BCUT2D eigenvalue weighted by atomic mass is 16.6. The fraction of sp³-hybridized carbons (Fsp3) is 0.391. The smallest absolute Gasteiger partial charge is 0.337 e. The van der Waals surface area contributed by atoms with E-state index in [-0.39, 0.29) is 5.97 Å². The van der Waals surface area contributed by atoms with Crippen molar-refractivity contribution in [3.8, 4) is 5.69 Å². The molecule has 168 valence electrons. The number of nitrogens with zero attached hydrogens (tertiary/aromatic N) is 4. The van der Waals surface area contributed by atoms with E-state index >= 15 is 0 Å². The maximum atomic E-state index is 13.0. The van der Waals surface area contributed by atoms with Gasteiger partial charge in [-0.3, -0.25) is 4.57 Å². The van der Waals surface area contributed by atoms with E-state index in [1.165, 1.54) is 7.11 Å². The van der Waals surface area contributed by atoms with Gasteiger partial charge in [0, 0.05) is 25.8 Å².